The minimum atomic E-state index is -3.14. The van der Waals surface area contributed by atoms with Gasteiger partial charge in [-0.05, 0) is 18.6 Å². The summed E-state index contributed by atoms with van der Waals surface area (Å²) in [4.78, 5) is 24.5. The van der Waals surface area contributed by atoms with Gasteiger partial charge in [-0.15, -0.1) is 0 Å². The van der Waals surface area contributed by atoms with Gasteiger partial charge in [-0.3, -0.25) is 9.59 Å². The minimum absolute atomic E-state index is 0.0440. The monoisotopic (exact) mass is 365 g/mol. The molecule has 1 N–H and O–H groups in total. The molecule has 1 fully saturated rings. The Morgan fingerprint density at radius 2 is 2.16 bits per heavy atom. The Hall–Kier alpha value is -2.42. The van der Waals surface area contributed by atoms with E-state index in [-0.39, 0.29) is 36.0 Å². The molecule has 9 heteroatoms. The Balaban J connectivity index is 1.75. The molecule has 0 aliphatic carbocycles. The normalized spacial score (nSPS) is 22.4. The van der Waals surface area contributed by atoms with E-state index in [0.717, 1.165) is 0 Å². The van der Waals surface area contributed by atoms with Crippen molar-refractivity contribution in [3.8, 4) is 5.75 Å². The van der Waals surface area contributed by atoms with E-state index in [2.05, 4.69) is 10.4 Å². The third-order valence-electron chi connectivity index (χ3n) is 4.20. The van der Waals surface area contributed by atoms with Crippen molar-refractivity contribution in [3.63, 3.8) is 0 Å². The topological polar surface area (TPSA) is 105 Å². The number of ether oxygens (including phenoxy) is 1. The molecule has 134 valence electrons. The molecular weight excluding hydrogens is 346 g/mol. The zero-order valence-corrected chi connectivity index (χ0v) is 14.6. The smallest absolute Gasteiger partial charge is 0.271 e. The lowest BCUT2D eigenvalue weighted by Gasteiger charge is -2.27. The van der Waals surface area contributed by atoms with Crippen molar-refractivity contribution < 1.29 is 22.7 Å². The third kappa shape index (κ3) is 3.98. The van der Waals surface area contributed by atoms with E-state index in [9.17, 15) is 18.0 Å². The van der Waals surface area contributed by atoms with Crippen molar-refractivity contribution in [1.29, 1.82) is 0 Å². The predicted molar refractivity (Wildman–Crippen MR) is 92.2 cm³/mol. The van der Waals surface area contributed by atoms with Crippen LogP contribution in [0, 0.1) is 0 Å². The van der Waals surface area contributed by atoms with E-state index in [4.69, 9.17) is 4.74 Å². The maximum atomic E-state index is 12.4. The summed E-state index contributed by atoms with van der Waals surface area (Å²) in [6.07, 6.45) is 0.716. The van der Waals surface area contributed by atoms with E-state index >= 15 is 0 Å². The molecule has 1 saturated heterocycles. The molecule has 1 atom stereocenters. The average Bonchev–Trinajstić information content (AvgIpc) is 2.95. The summed E-state index contributed by atoms with van der Waals surface area (Å²) >= 11 is 0. The number of anilines is 1. The summed E-state index contributed by atoms with van der Waals surface area (Å²) in [5.74, 6) is -0.113. The Kier molecular flexibility index (Phi) is 4.76. The minimum Gasteiger partial charge on any atom is -0.497 e. The average molecular weight is 365 g/mol. The zero-order valence-electron chi connectivity index (χ0n) is 13.8. The molecule has 3 rings (SSSR count). The second-order valence-electron chi connectivity index (χ2n) is 6.03. The van der Waals surface area contributed by atoms with E-state index in [1.165, 1.54) is 12.1 Å². The molecule has 0 saturated carbocycles. The SMILES string of the molecule is COc1cccc(NC(=O)C2=NN([C@H]3CCS(=O)(=O)C3)C(=O)CC2)c1. The fourth-order valence-corrected chi connectivity index (χ4v) is 4.58. The lowest BCUT2D eigenvalue weighted by Crippen LogP contribution is -2.42. The number of sulfone groups is 1. The number of nitrogens with one attached hydrogen (secondary N) is 1. The third-order valence-corrected chi connectivity index (χ3v) is 5.95. The summed E-state index contributed by atoms with van der Waals surface area (Å²) in [5.41, 5.74) is 0.769. The molecule has 0 spiro atoms. The van der Waals surface area contributed by atoms with Gasteiger partial charge < -0.3 is 10.1 Å². The van der Waals surface area contributed by atoms with Crippen LogP contribution < -0.4 is 10.1 Å². The van der Waals surface area contributed by atoms with Crippen molar-refractivity contribution >= 4 is 33.1 Å². The van der Waals surface area contributed by atoms with Crippen LogP contribution in [-0.4, -0.2) is 55.6 Å². The molecule has 2 aliphatic heterocycles. The van der Waals surface area contributed by atoms with E-state index in [1.807, 2.05) is 0 Å². The van der Waals surface area contributed by atoms with Crippen LogP contribution in [0.25, 0.3) is 0 Å². The van der Waals surface area contributed by atoms with Gasteiger partial charge in [-0.25, -0.2) is 13.4 Å². The first-order valence-electron chi connectivity index (χ1n) is 7.93. The molecule has 0 unspecified atom stereocenters. The quantitative estimate of drug-likeness (QED) is 0.850. The molecule has 0 aromatic heterocycles. The maximum absolute atomic E-state index is 12.4. The van der Waals surface area contributed by atoms with Crippen molar-refractivity contribution in [2.24, 2.45) is 5.10 Å². The number of carbonyl (C=O) groups is 2. The van der Waals surface area contributed by atoms with E-state index in [0.29, 0.717) is 17.9 Å². The van der Waals surface area contributed by atoms with Crippen LogP contribution in [-0.2, 0) is 19.4 Å². The molecule has 2 amide bonds. The number of benzene rings is 1. The molecule has 0 bridgehead atoms. The second kappa shape index (κ2) is 6.83. The highest BCUT2D eigenvalue weighted by molar-refractivity contribution is 7.91. The van der Waals surface area contributed by atoms with Gasteiger partial charge in [0.05, 0.1) is 24.7 Å². The van der Waals surface area contributed by atoms with Gasteiger partial charge in [-0.2, -0.15) is 5.10 Å². The zero-order chi connectivity index (χ0) is 18.0. The summed E-state index contributed by atoms with van der Waals surface area (Å²) in [7, 11) is -1.61. The summed E-state index contributed by atoms with van der Waals surface area (Å²) in [6.45, 7) is 0. The van der Waals surface area contributed by atoms with E-state index < -0.39 is 21.8 Å². The number of hydrogen-bond acceptors (Lipinski definition) is 6. The van der Waals surface area contributed by atoms with Gasteiger partial charge >= 0.3 is 0 Å². The largest absolute Gasteiger partial charge is 0.497 e. The van der Waals surface area contributed by atoms with Gasteiger partial charge in [0, 0.05) is 24.6 Å². The van der Waals surface area contributed by atoms with E-state index in [1.54, 1.807) is 24.3 Å². The number of carbonyl (C=O) groups excluding carboxylic acids is 2. The highest BCUT2D eigenvalue weighted by atomic mass is 32.2. The fraction of sp³-hybridized carbons (Fsp3) is 0.438. The van der Waals surface area contributed by atoms with Crippen LogP contribution in [0.5, 0.6) is 5.75 Å². The first kappa shape index (κ1) is 17.4. The standard InChI is InChI=1S/C16H19N3O5S/c1-24-13-4-2-3-11(9-13)17-16(21)14-5-6-15(20)19(18-14)12-7-8-25(22,23)10-12/h2-4,9,12H,5-8,10H2,1H3,(H,17,21)/t12-/m0/s1. The number of hydrazone groups is 1. The first-order valence-corrected chi connectivity index (χ1v) is 9.75. The van der Waals surface area contributed by atoms with Gasteiger partial charge in [0.25, 0.3) is 5.91 Å². The van der Waals surface area contributed by atoms with Crippen LogP contribution in [0.1, 0.15) is 19.3 Å². The van der Waals surface area contributed by atoms with Gasteiger partial charge in [0.15, 0.2) is 9.84 Å². The van der Waals surface area contributed by atoms with Crippen molar-refractivity contribution in [1.82, 2.24) is 5.01 Å². The Morgan fingerprint density at radius 3 is 2.84 bits per heavy atom. The summed E-state index contributed by atoms with van der Waals surface area (Å²) in [6, 6.07) is 6.41. The van der Waals surface area contributed by atoms with Crippen LogP contribution in [0.3, 0.4) is 0 Å². The number of hydrogen-bond donors (Lipinski definition) is 1. The van der Waals surface area contributed by atoms with Crippen LogP contribution in [0.4, 0.5) is 5.69 Å². The number of methoxy groups -OCH3 is 1. The fourth-order valence-electron chi connectivity index (χ4n) is 2.89. The van der Waals surface area contributed by atoms with Crippen LogP contribution in [0.2, 0.25) is 0 Å². The molecule has 2 aliphatic rings. The van der Waals surface area contributed by atoms with Crippen molar-refractivity contribution in [2.75, 3.05) is 23.9 Å². The number of rotatable bonds is 4. The molecular formula is C16H19N3O5S. The number of nitrogens with zero attached hydrogens (tertiary/aromatic N) is 2. The van der Waals surface area contributed by atoms with Crippen LogP contribution in [0.15, 0.2) is 29.4 Å². The Bertz CT molecular complexity index is 834. The molecule has 1 aromatic rings. The molecule has 1 aromatic carbocycles. The van der Waals surface area contributed by atoms with Crippen molar-refractivity contribution in [3.05, 3.63) is 24.3 Å². The van der Waals surface area contributed by atoms with Crippen molar-refractivity contribution in [2.45, 2.75) is 25.3 Å². The molecule has 2 heterocycles. The predicted octanol–water partition coefficient (Wildman–Crippen LogP) is 0.799. The summed E-state index contributed by atoms with van der Waals surface area (Å²) in [5, 5.41) is 8.04. The van der Waals surface area contributed by atoms with Gasteiger partial charge in [-0.1, -0.05) is 6.07 Å². The Labute approximate surface area is 145 Å². The summed E-state index contributed by atoms with van der Waals surface area (Å²) < 4.78 is 28.4. The number of amides is 2. The molecule has 0 radical (unpaired) electrons. The van der Waals surface area contributed by atoms with Gasteiger partial charge in [0.2, 0.25) is 5.91 Å². The maximum Gasteiger partial charge on any atom is 0.271 e. The first-order chi connectivity index (χ1) is 11.9. The van der Waals surface area contributed by atoms with Gasteiger partial charge in [0.1, 0.15) is 11.5 Å². The van der Waals surface area contributed by atoms with Crippen LogP contribution >= 0.6 is 0 Å². The molecule has 25 heavy (non-hydrogen) atoms. The Morgan fingerprint density at radius 1 is 1.36 bits per heavy atom. The lowest BCUT2D eigenvalue weighted by atomic mass is 10.1. The highest BCUT2D eigenvalue weighted by Gasteiger charge is 2.37. The molecule has 8 nitrogen and oxygen atoms in total. The second-order valence-corrected chi connectivity index (χ2v) is 8.26. The lowest BCUT2D eigenvalue weighted by molar-refractivity contribution is -0.133. The highest BCUT2D eigenvalue weighted by Crippen LogP contribution is 2.23.